The Balaban J connectivity index is 1.67. The predicted molar refractivity (Wildman–Crippen MR) is 88.8 cm³/mol. The zero-order valence-electron chi connectivity index (χ0n) is 13.0. The van der Waals surface area contributed by atoms with Crippen LogP contribution in [-0.4, -0.2) is 22.8 Å². The molecule has 118 valence electrons. The fourth-order valence-corrected chi connectivity index (χ4v) is 2.39. The first-order valence-electron chi connectivity index (χ1n) is 7.28. The minimum Gasteiger partial charge on any atom is -0.495 e. The summed E-state index contributed by atoms with van der Waals surface area (Å²) in [6, 6.07) is 11.2. The minimum absolute atomic E-state index is 0.288. The summed E-state index contributed by atoms with van der Waals surface area (Å²) in [6.07, 6.45) is 3.62. The number of hydrogen-bond acceptors (Lipinski definition) is 3. The molecule has 2 aromatic heterocycles. The molecule has 0 bridgehead atoms. The number of carbonyl (C=O) groups is 1. The van der Waals surface area contributed by atoms with Gasteiger partial charge in [-0.2, -0.15) is 5.10 Å². The van der Waals surface area contributed by atoms with Gasteiger partial charge in [-0.3, -0.25) is 0 Å². The zero-order chi connectivity index (χ0) is 16.2. The number of anilines is 1. The molecule has 6 nitrogen and oxygen atoms in total. The molecule has 23 heavy (non-hydrogen) atoms. The topological polar surface area (TPSA) is 67.7 Å². The number of hydrogen-bond donors (Lipinski definition) is 2. The van der Waals surface area contributed by atoms with Gasteiger partial charge in [0, 0.05) is 18.3 Å². The molecule has 3 rings (SSSR count). The van der Waals surface area contributed by atoms with Crippen LogP contribution in [-0.2, 0) is 6.54 Å². The van der Waals surface area contributed by atoms with Crippen LogP contribution in [0.3, 0.4) is 0 Å². The van der Waals surface area contributed by atoms with Crippen molar-refractivity contribution < 1.29 is 9.53 Å². The Morgan fingerprint density at radius 3 is 3.00 bits per heavy atom. The molecule has 2 N–H and O–H groups in total. The van der Waals surface area contributed by atoms with Gasteiger partial charge in [0.2, 0.25) is 0 Å². The van der Waals surface area contributed by atoms with Crippen LogP contribution in [0.25, 0.3) is 5.52 Å². The van der Waals surface area contributed by atoms with Gasteiger partial charge in [-0.25, -0.2) is 9.31 Å². The normalized spacial score (nSPS) is 10.5. The number of fused-ring (bicyclic) bond motifs is 1. The summed E-state index contributed by atoms with van der Waals surface area (Å²) >= 11 is 0. The van der Waals surface area contributed by atoms with E-state index >= 15 is 0 Å². The van der Waals surface area contributed by atoms with Gasteiger partial charge in [0.05, 0.1) is 24.5 Å². The second-order valence-corrected chi connectivity index (χ2v) is 5.21. The number of urea groups is 1. The van der Waals surface area contributed by atoms with Gasteiger partial charge in [0.15, 0.2) is 0 Å². The van der Waals surface area contributed by atoms with Crippen LogP contribution in [0, 0.1) is 6.92 Å². The number of nitrogens with zero attached hydrogens (tertiary/aromatic N) is 2. The van der Waals surface area contributed by atoms with Crippen LogP contribution in [0.5, 0.6) is 5.75 Å². The number of rotatable bonds is 4. The van der Waals surface area contributed by atoms with Crippen molar-refractivity contribution in [2.24, 2.45) is 0 Å². The summed E-state index contributed by atoms with van der Waals surface area (Å²) < 4.78 is 7.03. The molecule has 2 heterocycles. The summed E-state index contributed by atoms with van der Waals surface area (Å²) in [5, 5.41) is 9.89. The number of nitrogens with one attached hydrogen (secondary N) is 2. The smallest absolute Gasteiger partial charge is 0.319 e. The molecular weight excluding hydrogens is 292 g/mol. The largest absolute Gasteiger partial charge is 0.495 e. The molecule has 3 aromatic rings. The molecule has 0 radical (unpaired) electrons. The first kappa shape index (κ1) is 14.9. The molecule has 0 saturated carbocycles. The van der Waals surface area contributed by atoms with E-state index in [0.29, 0.717) is 18.0 Å². The fraction of sp³-hybridized carbons (Fsp3) is 0.176. The van der Waals surface area contributed by atoms with Crippen LogP contribution in [0.4, 0.5) is 10.5 Å². The molecule has 0 atom stereocenters. The van der Waals surface area contributed by atoms with E-state index in [2.05, 4.69) is 15.7 Å². The van der Waals surface area contributed by atoms with Crippen molar-refractivity contribution in [3.05, 3.63) is 59.9 Å². The fourth-order valence-electron chi connectivity index (χ4n) is 2.39. The Morgan fingerprint density at radius 1 is 1.30 bits per heavy atom. The van der Waals surface area contributed by atoms with E-state index in [9.17, 15) is 4.79 Å². The lowest BCUT2D eigenvalue weighted by molar-refractivity contribution is 0.251. The molecule has 0 unspecified atom stereocenters. The number of pyridine rings is 1. The lowest BCUT2D eigenvalue weighted by Crippen LogP contribution is -2.28. The number of aryl methyl sites for hydroxylation is 1. The predicted octanol–water partition coefficient (Wildman–Crippen LogP) is 2.97. The van der Waals surface area contributed by atoms with Gasteiger partial charge in [-0.05, 0) is 36.8 Å². The number of methoxy groups -OCH3 is 1. The lowest BCUT2D eigenvalue weighted by atomic mass is 10.2. The van der Waals surface area contributed by atoms with Gasteiger partial charge < -0.3 is 15.4 Å². The summed E-state index contributed by atoms with van der Waals surface area (Å²) in [5.41, 5.74) is 3.62. The van der Waals surface area contributed by atoms with Crippen LogP contribution >= 0.6 is 0 Å². The van der Waals surface area contributed by atoms with Gasteiger partial charge in [-0.1, -0.05) is 12.1 Å². The van der Waals surface area contributed by atoms with Gasteiger partial charge in [-0.15, -0.1) is 0 Å². The van der Waals surface area contributed by atoms with Crippen molar-refractivity contribution >= 4 is 17.2 Å². The number of carbonyl (C=O) groups excluding carboxylic acids is 1. The van der Waals surface area contributed by atoms with Gasteiger partial charge in [0.1, 0.15) is 5.75 Å². The monoisotopic (exact) mass is 310 g/mol. The molecule has 0 fully saturated rings. The molecule has 2 amide bonds. The molecule has 1 aromatic carbocycles. The van der Waals surface area contributed by atoms with E-state index in [-0.39, 0.29) is 6.03 Å². The minimum atomic E-state index is -0.288. The number of aromatic nitrogens is 2. The Morgan fingerprint density at radius 2 is 2.17 bits per heavy atom. The summed E-state index contributed by atoms with van der Waals surface area (Å²) in [6.45, 7) is 2.36. The van der Waals surface area contributed by atoms with E-state index in [0.717, 1.165) is 16.6 Å². The Labute approximate surface area is 134 Å². The summed E-state index contributed by atoms with van der Waals surface area (Å²) in [4.78, 5) is 12.1. The number of amides is 2. The Bertz CT molecular complexity index is 841. The molecular formula is C17H18N4O2. The summed E-state index contributed by atoms with van der Waals surface area (Å²) in [5.74, 6) is 0.627. The van der Waals surface area contributed by atoms with E-state index in [1.165, 1.54) is 0 Å². The highest BCUT2D eigenvalue weighted by Crippen LogP contribution is 2.25. The highest BCUT2D eigenvalue weighted by molar-refractivity contribution is 5.91. The highest BCUT2D eigenvalue weighted by atomic mass is 16.5. The third-order valence-corrected chi connectivity index (χ3v) is 3.55. The van der Waals surface area contributed by atoms with Crippen molar-refractivity contribution in [2.75, 3.05) is 12.4 Å². The average Bonchev–Trinajstić information content (AvgIpc) is 2.96. The van der Waals surface area contributed by atoms with Crippen molar-refractivity contribution in [3.63, 3.8) is 0 Å². The first-order chi connectivity index (χ1) is 11.2. The van der Waals surface area contributed by atoms with Crippen LogP contribution < -0.4 is 15.4 Å². The standard InChI is InChI=1S/C17H18N4O2/c1-12-6-7-16(23-2)14(9-12)20-17(22)18-10-13-11-19-21-8-4-3-5-15(13)21/h3-9,11H,10H2,1-2H3,(H2,18,20,22). The van der Waals surface area contributed by atoms with Crippen molar-refractivity contribution in [2.45, 2.75) is 13.5 Å². The molecule has 0 aliphatic carbocycles. The van der Waals surface area contributed by atoms with E-state index < -0.39 is 0 Å². The third-order valence-electron chi connectivity index (χ3n) is 3.55. The Kier molecular flexibility index (Phi) is 4.14. The quantitative estimate of drug-likeness (QED) is 0.778. The van der Waals surface area contributed by atoms with E-state index in [4.69, 9.17) is 4.74 Å². The van der Waals surface area contributed by atoms with Crippen LogP contribution in [0.2, 0.25) is 0 Å². The summed E-state index contributed by atoms with van der Waals surface area (Å²) in [7, 11) is 1.58. The molecule has 6 heteroatoms. The van der Waals surface area contributed by atoms with Crippen molar-refractivity contribution in [1.82, 2.24) is 14.9 Å². The lowest BCUT2D eigenvalue weighted by Gasteiger charge is -2.11. The average molecular weight is 310 g/mol. The third kappa shape index (κ3) is 3.26. The van der Waals surface area contributed by atoms with E-state index in [1.807, 2.05) is 49.5 Å². The van der Waals surface area contributed by atoms with Gasteiger partial charge >= 0.3 is 6.03 Å². The maximum Gasteiger partial charge on any atom is 0.319 e. The highest BCUT2D eigenvalue weighted by Gasteiger charge is 2.09. The zero-order valence-corrected chi connectivity index (χ0v) is 13.0. The molecule has 0 saturated heterocycles. The molecule has 0 spiro atoms. The van der Waals surface area contributed by atoms with Crippen molar-refractivity contribution in [3.8, 4) is 5.75 Å². The van der Waals surface area contributed by atoms with Crippen LogP contribution in [0.15, 0.2) is 48.8 Å². The van der Waals surface area contributed by atoms with Crippen LogP contribution in [0.1, 0.15) is 11.1 Å². The molecule has 0 aliphatic rings. The van der Waals surface area contributed by atoms with Crippen molar-refractivity contribution in [1.29, 1.82) is 0 Å². The van der Waals surface area contributed by atoms with E-state index in [1.54, 1.807) is 17.8 Å². The second-order valence-electron chi connectivity index (χ2n) is 5.21. The van der Waals surface area contributed by atoms with Gasteiger partial charge in [0.25, 0.3) is 0 Å². The number of ether oxygens (including phenoxy) is 1. The SMILES string of the molecule is COc1ccc(C)cc1NC(=O)NCc1cnn2ccccc12. The molecule has 0 aliphatic heterocycles. The maximum absolute atomic E-state index is 12.1. The second kappa shape index (κ2) is 6.39. The Hall–Kier alpha value is -3.02. The number of benzene rings is 1. The maximum atomic E-state index is 12.1. The first-order valence-corrected chi connectivity index (χ1v) is 7.28.